The van der Waals surface area contributed by atoms with Crippen molar-refractivity contribution < 1.29 is 22.7 Å². The predicted molar refractivity (Wildman–Crippen MR) is 159 cm³/mol. The molecule has 2 amide bonds. The SMILES string of the molecule is CCCNC(=O)C(C)N(Cc1ccc(Cl)c(Cl)c1)C(=O)CN(c1ccc(OCc2ccccc2)cc1)S(C)(=O)=O. The second-order valence-electron chi connectivity index (χ2n) is 9.27. The number of halogens is 2. The lowest BCUT2D eigenvalue weighted by Crippen LogP contribution is -2.51. The van der Waals surface area contributed by atoms with Gasteiger partial charge in [0.05, 0.1) is 22.0 Å². The van der Waals surface area contributed by atoms with Gasteiger partial charge in [0, 0.05) is 13.1 Å². The van der Waals surface area contributed by atoms with Crippen molar-refractivity contribution in [2.45, 2.75) is 39.5 Å². The fraction of sp³-hybridized carbons (Fsp3) is 0.310. The third-order valence-electron chi connectivity index (χ3n) is 6.11. The summed E-state index contributed by atoms with van der Waals surface area (Å²) >= 11 is 12.2. The summed E-state index contributed by atoms with van der Waals surface area (Å²) < 4.78 is 32.4. The molecule has 0 fully saturated rings. The Labute approximate surface area is 245 Å². The third kappa shape index (κ3) is 8.87. The standard InChI is InChI=1S/C29H33Cl2N3O5S/c1-4-16-32-29(36)21(2)33(18-23-10-15-26(30)27(31)17-23)28(35)19-34(40(3,37)38)24-11-13-25(14-12-24)39-20-22-8-6-5-7-9-22/h5-15,17,21H,4,16,18-20H2,1-3H3,(H,32,36). The lowest BCUT2D eigenvalue weighted by Gasteiger charge is -2.31. The minimum atomic E-state index is -3.85. The van der Waals surface area contributed by atoms with Gasteiger partial charge < -0.3 is 15.0 Å². The van der Waals surface area contributed by atoms with Gasteiger partial charge in [0.1, 0.15) is 24.9 Å². The number of amides is 2. The van der Waals surface area contributed by atoms with Gasteiger partial charge in [-0.1, -0.05) is 66.5 Å². The molecule has 0 aliphatic heterocycles. The van der Waals surface area contributed by atoms with E-state index in [-0.39, 0.29) is 12.5 Å². The highest BCUT2D eigenvalue weighted by Crippen LogP contribution is 2.25. The van der Waals surface area contributed by atoms with Gasteiger partial charge in [-0.15, -0.1) is 0 Å². The van der Waals surface area contributed by atoms with Gasteiger partial charge in [0.2, 0.25) is 21.8 Å². The first-order valence-electron chi connectivity index (χ1n) is 12.7. The number of ether oxygens (including phenoxy) is 1. The summed E-state index contributed by atoms with van der Waals surface area (Å²) in [6.07, 6.45) is 1.76. The second-order valence-corrected chi connectivity index (χ2v) is 12.0. The van der Waals surface area contributed by atoms with Crippen molar-refractivity contribution in [2.75, 3.05) is 23.7 Å². The molecule has 0 saturated heterocycles. The van der Waals surface area contributed by atoms with Gasteiger partial charge in [-0.25, -0.2) is 8.42 Å². The largest absolute Gasteiger partial charge is 0.489 e. The quantitative estimate of drug-likeness (QED) is 0.286. The number of carbonyl (C=O) groups is 2. The van der Waals surface area contributed by atoms with Crippen molar-refractivity contribution in [1.82, 2.24) is 10.2 Å². The Balaban J connectivity index is 1.82. The van der Waals surface area contributed by atoms with Gasteiger partial charge >= 0.3 is 0 Å². The molecule has 0 saturated carbocycles. The van der Waals surface area contributed by atoms with E-state index >= 15 is 0 Å². The molecule has 1 atom stereocenters. The second kappa shape index (κ2) is 14.4. The van der Waals surface area contributed by atoms with E-state index in [9.17, 15) is 18.0 Å². The molecule has 3 aromatic rings. The summed E-state index contributed by atoms with van der Waals surface area (Å²) in [4.78, 5) is 27.8. The summed E-state index contributed by atoms with van der Waals surface area (Å²) in [5, 5.41) is 3.46. The smallest absolute Gasteiger partial charge is 0.244 e. The zero-order chi connectivity index (χ0) is 29.3. The molecule has 40 heavy (non-hydrogen) atoms. The number of anilines is 1. The maximum atomic E-state index is 13.6. The van der Waals surface area contributed by atoms with Gasteiger partial charge in [-0.2, -0.15) is 0 Å². The van der Waals surface area contributed by atoms with Crippen molar-refractivity contribution >= 4 is 50.7 Å². The predicted octanol–water partition coefficient (Wildman–Crippen LogP) is 5.28. The number of benzene rings is 3. The Bertz CT molecular complexity index is 1400. The molecular weight excluding hydrogens is 573 g/mol. The van der Waals surface area contributed by atoms with E-state index in [1.54, 1.807) is 49.4 Å². The minimum absolute atomic E-state index is 0.0281. The van der Waals surface area contributed by atoms with E-state index in [2.05, 4.69) is 5.32 Å². The fourth-order valence-corrected chi connectivity index (χ4v) is 5.05. The van der Waals surface area contributed by atoms with Crippen LogP contribution in [0, 0.1) is 0 Å². The minimum Gasteiger partial charge on any atom is -0.489 e. The maximum absolute atomic E-state index is 13.6. The molecule has 0 bridgehead atoms. The van der Waals surface area contributed by atoms with Gasteiger partial charge in [0.25, 0.3) is 0 Å². The Hall–Kier alpha value is -3.27. The highest BCUT2D eigenvalue weighted by molar-refractivity contribution is 7.92. The molecule has 214 valence electrons. The lowest BCUT2D eigenvalue weighted by molar-refractivity contribution is -0.139. The molecule has 0 aliphatic rings. The Morgan fingerprint density at radius 2 is 1.62 bits per heavy atom. The van der Waals surface area contributed by atoms with Crippen LogP contribution in [0.4, 0.5) is 5.69 Å². The third-order valence-corrected chi connectivity index (χ3v) is 7.99. The number of carbonyl (C=O) groups excluding carboxylic acids is 2. The molecule has 1 N–H and O–H groups in total. The summed E-state index contributed by atoms with van der Waals surface area (Å²) in [6, 6.07) is 20.1. The van der Waals surface area contributed by atoms with Crippen LogP contribution in [0.3, 0.4) is 0 Å². The lowest BCUT2D eigenvalue weighted by atomic mass is 10.1. The molecule has 11 heteroatoms. The summed E-state index contributed by atoms with van der Waals surface area (Å²) in [5.41, 5.74) is 1.93. The molecule has 1 unspecified atom stereocenters. The average Bonchev–Trinajstić information content (AvgIpc) is 2.93. The summed E-state index contributed by atoms with van der Waals surface area (Å²) in [5.74, 6) is -0.351. The highest BCUT2D eigenvalue weighted by Gasteiger charge is 2.30. The zero-order valence-electron chi connectivity index (χ0n) is 22.6. The molecule has 0 aromatic heterocycles. The number of nitrogens with zero attached hydrogens (tertiary/aromatic N) is 2. The number of rotatable bonds is 13. The van der Waals surface area contributed by atoms with Gasteiger partial charge in [-0.3, -0.25) is 13.9 Å². The van der Waals surface area contributed by atoms with E-state index in [4.69, 9.17) is 27.9 Å². The highest BCUT2D eigenvalue weighted by atomic mass is 35.5. The van der Waals surface area contributed by atoms with Crippen LogP contribution in [-0.2, 0) is 32.8 Å². The van der Waals surface area contributed by atoms with Crippen LogP contribution >= 0.6 is 23.2 Å². The van der Waals surface area contributed by atoms with Crippen LogP contribution in [0.5, 0.6) is 5.75 Å². The first-order chi connectivity index (χ1) is 19.0. The Morgan fingerprint density at radius 3 is 2.23 bits per heavy atom. The van der Waals surface area contributed by atoms with Crippen LogP contribution in [0.25, 0.3) is 0 Å². The van der Waals surface area contributed by atoms with E-state index < -0.39 is 28.5 Å². The normalized spacial score (nSPS) is 11.9. The van der Waals surface area contributed by atoms with Crippen molar-refractivity contribution in [3.8, 4) is 5.75 Å². The van der Waals surface area contributed by atoms with E-state index in [1.807, 2.05) is 37.3 Å². The first-order valence-corrected chi connectivity index (χ1v) is 15.4. The monoisotopic (exact) mass is 605 g/mol. The molecule has 3 rings (SSSR count). The zero-order valence-corrected chi connectivity index (χ0v) is 25.0. The van der Waals surface area contributed by atoms with Crippen molar-refractivity contribution in [1.29, 1.82) is 0 Å². The Kier molecular flexibility index (Phi) is 11.2. The van der Waals surface area contributed by atoms with Gasteiger partial charge in [0.15, 0.2) is 0 Å². The fourth-order valence-electron chi connectivity index (χ4n) is 3.88. The summed E-state index contributed by atoms with van der Waals surface area (Å²) in [6.45, 7) is 3.86. The van der Waals surface area contributed by atoms with Crippen molar-refractivity contribution in [2.24, 2.45) is 0 Å². The molecule has 0 radical (unpaired) electrons. The topological polar surface area (TPSA) is 96.0 Å². The van der Waals surface area contributed by atoms with Crippen molar-refractivity contribution in [3.05, 3.63) is 94.0 Å². The van der Waals surface area contributed by atoms with E-state index in [0.717, 1.165) is 22.5 Å². The van der Waals surface area contributed by atoms with Crippen molar-refractivity contribution in [3.63, 3.8) is 0 Å². The van der Waals surface area contributed by atoms with Crippen LogP contribution in [-0.4, -0.2) is 50.5 Å². The molecule has 0 aliphatic carbocycles. The Morgan fingerprint density at radius 1 is 0.950 bits per heavy atom. The molecule has 0 spiro atoms. The number of sulfonamides is 1. The first kappa shape index (κ1) is 31.3. The van der Waals surface area contributed by atoms with Crippen LogP contribution in [0.1, 0.15) is 31.4 Å². The molecular formula is C29H33Cl2N3O5S. The number of nitrogens with one attached hydrogen (secondary N) is 1. The number of hydrogen-bond donors (Lipinski definition) is 1. The van der Waals surface area contributed by atoms with E-state index in [1.165, 1.54) is 4.90 Å². The van der Waals surface area contributed by atoms with E-state index in [0.29, 0.717) is 40.2 Å². The van der Waals surface area contributed by atoms with Crippen LogP contribution < -0.4 is 14.4 Å². The maximum Gasteiger partial charge on any atom is 0.244 e. The van der Waals surface area contributed by atoms with Crippen LogP contribution in [0.2, 0.25) is 10.0 Å². The molecule has 0 heterocycles. The molecule has 8 nitrogen and oxygen atoms in total. The average molecular weight is 607 g/mol. The van der Waals surface area contributed by atoms with Crippen LogP contribution in [0.15, 0.2) is 72.8 Å². The summed E-state index contributed by atoms with van der Waals surface area (Å²) in [7, 11) is -3.85. The number of hydrogen-bond acceptors (Lipinski definition) is 5. The molecule has 3 aromatic carbocycles. The van der Waals surface area contributed by atoms with Gasteiger partial charge in [-0.05, 0) is 60.9 Å².